The van der Waals surface area contributed by atoms with E-state index in [1.807, 2.05) is 22.7 Å². The molecule has 0 amide bonds. The topological polar surface area (TPSA) is 4.93 Å². The Balaban J connectivity index is 1.47. The van der Waals surface area contributed by atoms with E-state index < -0.39 is 0 Å². The van der Waals surface area contributed by atoms with Crippen molar-refractivity contribution in [1.82, 2.24) is 4.57 Å². The van der Waals surface area contributed by atoms with Gasteiger partial charge in [-0.15, -0.1) is 22.7 Å². The van der Waals surface area contributed by atoms with E-state index >= 15 is 0 Å². The van der Waals surface area contributed by atoms with Gasteiger partial charge in [-0.1, -0.05) is 97.1 Å². The zero-order chi connectivity index (χ0) is 25.5. The monoisotopic (exact) mass is 531 g/mol. The number of benzene rings is 6. The van der Waals surface area contributed by atoms with Gasteiger partial charge >= 0.3 is 0 Å². The Morgan fingerprint density at radius 1 is 0.410 bits per heavy atom. The Labute approximate surface area is 232 Å². The number of thiophene rings is 2. The second-order valence-corrected chi connectivity index (χ2v) is 12.2. The largest absolute Gasteiger partial charge is 0.308 e. The van der Waals surface area contributed by atoms with Gasteiger partial charge in [0.15, 0.2) is 0 Å². The minimum absolute atomic E-state index is 1.24. The molecule has 0 unspecified atom stereocenters. The molecule has 0 N–H and O–H groups in total. The van der Waals surface area contributed by atoms with Gasteiger partial charge in [0.05, 0.1) is 21.4 Å². The van der Waals surface area contributed by atoms with Crippen LogP contribution in [0.25, 0.3) is 79.0 Å². The van der Waals surface area contributed by atoms with Gasteiger partial charge in [0.25, 0.3) is 0 Å². The Morgan fingerprint density at radius 3 is 1.85 bits per heavy atom. The van der Waals surface area contributed by atoms with E-state index in [4.69, 9.17) is 0 Å². The van der Waals surface area contributed by atoms with Crippen LogP contribution in [0.3, 0.4) is 0 Å². The van der Waals surface area contributed by atoms with Gasteiger partial charge in [-0.2, -0.15) is 0 Å². The standard InChI is InChI=1S/C36H21NS2/c1-2-9-22(10-3-1)23-17-18-28-31(21-23)37(30-14-8-13-26-24-11-4-6-15-32(24)38-35(26)30)29-20-19-27-25-12-5-7-16-33(25)39-36(27)34(28)29/h1-21H. The lowest BCUT2D eigenvalue weighted by Gasteiger charge is -2.10. The molecule has 9 aromatic rings. The molecule has 9 rings (SSSR count). The van der Waals surface area contributed by atoms with Crippen LogP contribution in [0.5, 0.6) is 0 Å². The molecule has 0 spiro atoms. The molecule has 0 aliphatic heterocycles. The van der Waals surface area contributed by atoms with Crippen molar-refractivity contribution in [1.29, 1.82) is 0 Å². The van der Waals surface area contributed by atoms with Crippen molar-refractivity contribution >= 4 is 84.8 Å². The molecular formula is C36H21NS2. The quantitative estimate of drug-likeness (QED) is 0.209. The lowest BCUT2D eigenvalue weighted by Crippen LogP contribution is -1.94. The molecule has 3 heteroatoms. The summed E-state index contributed by atoms with van der Waals surface area (Å²) < 4.78 is 7.89. The zero-order valence-corrected chi connectivity index (χ0v) is 22.5. The van der Waals surface area contributed by atoms with Gasteiger partial charge in [-0.05, 0) is 41.5 Å². The van der Waals surface area contributed by atoms with Gasteiger partial charge in [-0.3, -0.25) is 0 Å². The molecule has 3 aromatic heterocycles. The van der Waals surface area contributed by atoms with Crippen LogP contribution in [-0.4, -0.2) is 4.57 Å². The van der Waals surface area contributed by atoms with Crippen LogP contribution in [0.1, 0.15) is 0 Å². The molecule has 3 heterocycles. The van der Waals surface area contributed by atoms with Crippen LogP contribution in [0, 0.1) is 0 Å². The molecule has 39 heavy (non-hydrogen) atoms. The second kappa shape index (κ2) is 8.03. The first-order valence-electron chi connectivity index (χ1n) is 13.2. The van der Waals surface area contributed by atoms with Gasteiger partial charge in [-0.25, -0.2) is 0 Å². The molecule has 0 bridgehead atoms. The summed E-state index contributed by atoms with van der Waals surface area (Å²) in [6.45, 7) is 0. The molecular weight excluding hydrogens is 511 g/mol. The predicted octanol–water partition coefficient (Wildman–Crippen LogP) is 11.2. The number of nitrogens with zero attached hydrogens (tertiary/aromatic N) is 1. The van der Waals surface area contributed by atoms with Crippen molar-refractivity contribution in [3.05, 3.63) is 127 Å². The highest BCUT2D eigenvalue weighted by molar-refractivity contribution is 7.27. The lowest BCUT2D eigenvalue weighted by molar-refractivity contribution is 1.20. The third kappa shape index (κ3) is 3.00. The van der Waals surface area contributed by atoms with Gasteiger partial charge in [0, 0.05) is 46.4 Å². The van der Waals surface area contributed by atoms with Gasteiger partial charge in [0.2, 0.25) is 0 Å². The summed E-state index contributed by atoms with van der Waals surface area (Å²) in [7, 11) is 0. The van der Waals surface area contributed by atoms with E-state index in [1.54, 1.807) is 0 Å². The SMILES string of the molecule is c1ccc(-c2ccc3c4c5sc6ccccc6c5ccc4n(-c4cccc5c4sc4ccccc45)c3c2)cc1. The average Bonchev–Trinajstić information content (AvgIpc) is 3.66. The van der Waals surface area contributed by atoms with Crippen LogP contribution in [0.15, 0.2) is 127 Å². The van der Waals surface area contributed by atoms with E-state index in [2.05, 4.69) is 132 Å². The maximum absolute atomic E-state index is 2.51. The van der Waals surface area contributed by atoms with Crippen molar-refractivity contribution < 1.29 is 0 Å². The summed E-state index contributed by atoms with van der Waals surface area (Å²) >= 11 is 3.81. The summed E-state index contributed by atoms with van der Waals surface area (Å²) in [4.78, 5) is 0. The highest BCUT2D eigenvalue weighted by Gasteiger charge is 2.20. The summed E-state index contributed by atoms with van der Waals surface area (Å²) in [6, 6.07) is 46.7. The fourth-order valence-electron chi connectivity index (χ4n) is 6.26. The molecule has 0 aliphatic carbocycles. The highest BCUT2D eigenvalue weighted by atomic mass is 32.1. The van der Waals surface area contributed by atoms with E-state index in [-0.39, 0.29) is 0 Å². The van der Waals surface area contributed by atoms with E-state index in [9.17, 15) is 0 Å². The third-order valence-electron chi connectivity index (χ3n) is 8.01. The summed E-state index contributed by atoms with van der Waals surface area (Å²) in [6.07, 6.45) is 0. The molecule has 6 aromatic carbocycles. The Morgan fingerprint density at radius 2 is 1.05 bits per heavy atom. The van der Waals surface area contributed by atoms with Gasteiger partial charge in [0.1, 0.15) is 0 Å². The Bertz CT molecular complexity index is 2390. The molecule has 0 saturated heterocycles. The van der Waals surface area contributed by atoms with Crippen LogP contribution >= 0.6 is 22.7 Å². The molecule has 182 valence electrons. The maximum Gasteiger partial charge on any atom is 0.0640 e. The van der Waals surface area contributed by atoms with Gasteiger partial charge < -0.3 is 4.57 Å². The molecule has 0 atom stereocenters. The van der Waals surface area contributed by atoms with E-state index in [0.29, 0.717) is 0 Å². The number of fused-ring (bicyclic) bond motifs is 10. The molecule has 0 fully saturated rings. The fourth-order valence-corrected chi connectivity index (χ4v) is 8.73. The predicted molar refractivity (Wildman–Crippen MR) is 172 cm³/mol. The first-order valence-corrected chi connectivity index (χ1v) is 14.8. The zero-order valence-electron chi connectivity index (χ0n) is 20.9. The first kappa shape index (κ1) is 21.5. The van der Waals surface area contributed by atoms with Crippen molar-refractivity contribution in [3.8, 4) is 16.8 Å². The maximum atomic E-state index is 2.51. The van der Waals surface area contributed by atoms with Crippen molar-refractivity contribution in [2.24, 2.45) is 0 Å². The second-order valence-electron chi connectivity index (χ2n) is 10.1. The smallest absolute Gasteiger partial charge is 0.0640 e. The minimum Gasteiger partial charge on any atom is -0.308 e. The van der Waals surface area contributed by atoms with Crippen molar-refractivity contribution in [2.45, 2.75) is 0 Å². The number of aromatic nitrogens is 1. The molecule has 0 saturated carbocycles. The first-order chi connectivity index (χ1) is 19.3. The molecule has 1 nitrogen and oxygen atoms in total. The highest BCUT2D eigenvalue weighted by Crippen LogP contribution is 2.46. The van der Waals surface area contributed by atoms with Crippen molar-refractivity contribution in [2.75, 3.05) is 0 Å². The summed E-state index contributed by atoms with van der Waals surface area (Å²) in [5.74, 6) is 0. The molecule has 0 radical (unpaired) electrons. The Kier molecular flexibility index (Phi) is 4.43. The van der Waals surface area contributed by atoms with Crippen LogP contribution < -0.4 is 0 Å². The molecule has 0 aliphatic rings. The van der Waals surface area contributed by atoms with Crippen LogP contribution in [-0.2, 0) is 0 Å². The number of hydrogen-bond acceptors (Lipinski definition) is 2. The Hall–Kier alpha value is -4.44. The third-order valence-corrected chi connectivity index (χ3v) is 10.4. The number of hydrogen-bond donors (Lipinski definition) is 0. The van der Waals surface area contributed by atoms with E-state index in [1.165, 1.54) is 79.0 Å². The van der Waals surface area contributed by atoms with Crippen LogP contribution in [0.2, 0.25) is 0 Å². The minimum atomic E-state index is 1.24. The summed E-state index contributed by atoms with van der Waals surface area (Å²) in [5, 5.41) is 7.99. The lowest BCUT2D eigenvalue weighted by atomic mass is 10.0. The fraction of sp³-hybridized carbons (Fsp3) is 0. The van der Waals surface area contributed by atoms with Crippen LogP contribution in [0.4, 0.5) is 0 Å². The van der Waals surface area contributed by atoms with Crippen molar-refractivity contribution in [3.63, 3.8) is 0 Å². The summed E-state index contributed by atoms with van der Waals surface area (Å²) in [5.41, 5.74) is 6.24. The van der Waals surface area contributed by atoms with E-state index in [0.717, 1.165) is 0 Å². The normalized spacial score (nSPS) is 12.1. The average molecular weight is 532 g/mol. The number of rotatable bonds is 2.